The molecule has 0 fully saturated rings. The number of aromatic nitrogens is 2. The summed E-state index contributed by atoms with van der Waals surface area (Å²) in [5.74, 6) is -1.98. The van der Waals surface area contributed by atoms with Crippen molar-refractivity contribution in [3.05, 3.63) is 47.3 Å². The van der Waals surface area contributed by atoms with Crippen molar-refractivity contribution in [2.75, 3.05) is 21.3 Å². The topological polar surface area (TPSA) is 105 Å². The summed E-state index contributed by atoms with van der Waals surface area (Å²) in [6, 6.07) is 7.30. The lowest BCUT2D eigenvalue weighted by Gasteiger charge is -2.07. The number of esters is 3. The summed E-state index contributed by atoms with van der Waals surface area (Å²) in [5.41, 5.74) is 0.589. The lowest BCUT2D eigenvalue weighted by molar-refractivity contribution is 0.0581. The fourth-order valence-corrected chi connectivity index (χ4v) is 1.90. The highest BCUT2D eigenvalue weighted by Crippen LogP contribution is 2.19. The summed E-state index contributed by atoms with van der Waals surface area (Å²) in [4.78, 5) is 43.4. The summed E-state index contributed by atoms with van der Waals surface area (Å²) in [6.07, 6.45) is 0. The molecule has 2 heterocycles. The van der Waals surface area contributed by atoms with Crippen molar-refractivity contribution in [2.45, 2.75) is 0 Å². The summed E-state index contributed by atoms with van der Waals surface area (Å²) < 4.78 is 13.9. The van der Waals surface area contributed by atoms with Crippen molar-refractivity contribution in [2.24, 2.45) is 0 Å². The number of carbonyl (C=O) groups excluding carboxylic acids is 3. The number of ether oxygens (including phenoxy) is 3. The van der Waals surface area contributed by atoms with Gasteiger partial charge in [-0.25, -0.2) is 24.4 Å². The molecule has 124 valence electrons. The van der Waals surface area contributed by atoms with Crippen molar-refractivity contribution < 1.29 is 28.6 Å². The van der Waals surface area contributed by atoms with Crippen LogP contribution in [0.5, 0.6) is 0 Å². The van der Waals surface area contributed by atoms with Gasteiger partial charge in [0.2, 0.25) is 0 Å². The predicted molar refractivity (Wildman–Crippen MR) is 81.5 cm³/mol. The Labute approximate surface area is 137 Å². The van der Waals surface area contributed by atoms with E-state index in [2.05, 4.69) is 24.2 Å². The van der Waals surface area contributed by atoms with Gasteiger partial charge in [0.15, 0.2) is 0 Å². The second kappa shape index (κ2) is 7.32. The van der Waals surface area contributed by atoms with Crippen LogP contribution < -0.4 is 0 Å². The monoisotopic (exact) mass is 330 g/mol. The molecule has 2 aromatic heterocycles. The second-order valence-electron chi connectivity index (χ2n) is 4.51. The molecule has 0 aromatic carbocycles. The molecular formula is C16H14N2O6. The highest BCUT2D eigenvalue weighted by molar-refractivity contribution is 5.95. The number of methoxy groups -OCH3 is 3. The summed E-state index contributed by atoms with van der Waals surface area (Å²) in [5, 5.41) is 0. The van der Waals surface area contributed by atoms with E-state index in [1.807, 2.05) is 0 Å². The first-order chi connectivity index (χ1) is 11.5. The number of hydrogen-bond donors (Lipinski definition) is 0. The maximum Gasteiger partial charge on any atom is 0.356 e. The minimum absolute atomic E-state index is 0.0693. The van der Waals surface area contributed by atoms with Crippen molar-refractivity contribution in [1.82, 2.24) is 9.97 Å². The Bertz CT molecular complexity index is 769. The zero-order valence-electron chi connectivity index (χ0n) is 13.2. The molecule has 8 nitrogen and oxygen atoms in total. The number of nitrogens with zero attached hydrogens (tertiary/aromatic N) is 2. The summed E-state index contributed by atoms with van der Waals surface area (Å²) >= 11 is 0. The van der Waals surface area contributed by atoms with E-state index in [0.29, 0.717) is 0 Å². The third-order valence-corrected chi connectivity index (χ3v) is 3.05. The van der Waals surface area contributed by atoms with Crippen molar-refractivity contribution in [3.8, 4) is 11.4 Å². The standard InChI is InChI=1S/C16H14N2O6/c1-22-14(19)9-7-12(18-13(8-9)16(21)24-3)10-5-4-6-11(17-10)15(20)23-2/h4-8H,1-3H3. The predicted octanol–water partition coefficient (Wildman–Crippen LogP) is 1.50. The van der Waals surface area contributed by atoms with E-state index in [1.54, 1.807) is 12.1 Å². The van der Waals surface area contributed by atoms with Gasteiger partial charge in [-0.05, 0) is 24.3 Å². The normalized spacial score (nSPS) is 9.96. The number of hydrogen-bond acceptors (Lipinski definition) is 8. The van der Waals surface area contributed by atoms with E-state index in [0.717, 1.165) is 0 Å². The molecule has 0 atom stereocenters. The quantitative estimate of drug-likeness (QED) is 0.613. The van der Waals surface area contributed by atoms with E-state index >= 15 is 0 Å². The Morgan fingerprint density at radius 1 is 0.750 bits per heavy atom. The molecular weight excluding hydrogens is 316 g/mol. The van der Waals surface area contributed by atoms with Gasteiger partial charge in [0.1, 0.15) is 11.4 Å². The average molecular weight is 330 g/mol. The van der Waals surface area contributed by atoms with Crippen LogP contribution in [0.25, 0.3) is 11.4 Å². The van der Waals surface area contributed by atoms with Crippen LogP contribution >= 0.6 is 0 Å². The first-order valence-electron chi connectivity index (χ1n) is 6.74. The molecule has 0 spiro atoms. The molecule has 0 radical (unpaired) electrons. The van der Waals surface area contributed by atoms with E-state index in [1.165, 1.54) is 39.5 Å². The molecule has 2 aromatic rings. The van der Waals surface area contributed by atoms with E-state index in [9.17, 15) is 14.4 Å². The van der Waals surface area contributed by atoms with Crippen LogP contribution in [-0.4, -0.2) is 49.2 Å². The highest BCUT2D eigenvalue weighted by Gasteiger charge is 2.17. The van der Waals surface area contributed by atoms with Crippen LogP contribution in [0, 0.1) is 0 Å². The first-order valence-corrected chi connectivity index (χ1v) is 6.74. The molecule has 8 heteroatoms. The van der Waals surface area contributed by atoms with Gasteiger partial charge in [-0.15, -0.1) is 0 Å². The fourth-order valence-electron chi connectivity index (χ4n) is 1.90. The molecule has 0 bridgehead atoms. The highest BCUT2D eigenvalue weighted by atomic mass is 16.5. The van der Waals surface area contributed by atoms with Gasteiger partial charge in [0.25, 0.3) is 0 Å². The van der Waals surface area contributed by atoms with Gasteiger partial charge < -0.3 is 14.2 Å². The van der Waals surface area contributed by atoms with Gasteiger partial charge >= 0.3 is 17.9 Å². The average Bonchev–Trinajstić information content (AvgIpc) is 2.65. The molecule has 0 aliphatic carbocycles. The van der Waals surface area contributed by atoms with Crippen LogP contribution in [0.2, 0.25) is 0 Å². The van der Waals surface area contributed by atoms with Crippen LogP contribution in [0.1, 0.15) is 31.3 Å². The van der Waals surface area contributed by atoms with Crippen LogP contribution in [0.15, 0.2) is 30.3 Å². The third-order valence-electron chi connectivity index (χ3n) is 3.05. The summed E-state index contributed by atoms with van der Waals surface area (Å²) in [6.45, 7) is 0. The molecule has 0 amide bonds. The number of pyridine rings is 2. The smallest absolute Gasteiger partial charge is 0.356 e. The zero-order valence-corrected chi connectivity index (χ0v) is 13.2. The second-order valence-corrected chi connectivity index (χ2v) is 4.51. The van der Waals surface area contributed by atoms with Gasteiger partial charge in [0.05, 0.1) is 38.3 Å². The lowest BCUT2D eigenvalue weighted by atomic mass is 10.1. The lowest BCUT2D eigenvalue weighted by Crippen LogP contribution is -2.10. The van der Waals surface area contributed by atoms with Crippen molar-refractivity contribution in [1.29, 1.82) is 0 Å². The Hall–Kier alpha value is -3.29. The minimum atomic E-state index is -0.717. The molecule has 0 unspecified atom stereocenters. The Morgan fingerprint density at radius 3 is 1.96 bits per heavy atom. The van der Waals surface area contributed by atoms with E-state index in [-0.39, 0.29) is 28.3 Å². The third kappa shape index (κ3) is 3.54. The molecule has 2 rings (SSSR count). The zero-order chi connectivity index (χ0) is 17.7. The maximum atomic E-state index is 11.8. The van der Waals surface area contributed by atoms with E-state index < -0.39 is 17.9 Å². The molecule has 0 aliphatic heterocycles. The van der Waals surface area contributed by atoms with Crippen LogP contribution in [-0.2, 0) is 14.2 Å². The van der Waals surface area contributed by atoms with Gasteiger partial charge in [-0.3, -0.25) is 0 Å². The van der Waals surface area contributed by atoms with Gasteiger partial charge in [-0.2, -0.15) is 0 Å². The molecule has 0 saturated heterocycles. The molecule has 0 saturated carbocycles. The van der Waals surface area contributed by atoms with Crippen molar-refractivity contribution >= 4 is 17.9 Å². The van der Waals surface area contributed by atoms with Crippen LogP contribution in [0.3, 0.4) is 0 Å². The van der Waals surface area contributed by atoms with Crippen molar-refractivity contribution in [3.63, 3.8) is 0 Å². The Kier molecular flexibility index (Phi) is 5.20. The van der Waals surface area contributed by atoms with Gasteiger partial charge in [0, 0.05) is 0 Å². The van der Waals surface area contributed by atoms with Gasteiger partial charge in [-0.1, -0.05) is 6.07 Å². The minimum Gasteiger partial charge on any atom is -0.465 e. The Morgan fingerprint density at radius 2 is 1.33 bits per heavy atom. The van der Waals surface area contributed by atoms with E-state index in [4.69, 9.17) is 0 Å². The first kappa shape index (κ1) is 17.1. The molecule has 0 N–H and O–H groups in total. The molecule has 24 heavy (non-hydrogen) atoms. The Balaban J connectivity index is 2.58. The van der Waals surface area contributed by atoms with Crippen LogP contribution in [0.4, 0.5) is 0 Å². The number of carbonyl (C=O) groups is 3. The summed E-state index contributed by atoms with van der Waals surface area (Å²) in [7, 11) is 3.66. The fraction of sp³-hybridized carbons (Fsp3) is 0.188. The molecule has 0 aliphatic rings. The SMILES string of the molecule is COC(=O)c1cc(C(=O)OC)nc(-c2cccc(C(=O)OC)n2)c1. The largest absolute Gasteiger partial charge is 0.465 e. The maximum absolute atomic E-state index is 11.8. The number of rotatable bonds is 4.